The molecule has 2 nitrogen and oxygen atoms in total. The van der Waals surface area contributed by atoms with Crippen LogP contribution in [0, 0.1) is 0 Å². The molecule has 0 radical (unpaired) electrons. The Labute approximate surface area is 71.5 Å². The first kappa shape index (κ1) is 7.77. The van der Waals surface area contributed by atoms with E-state index in [0.717, 1.165) is 24.0 Å². The van der Waals surface area contributed by atoms with Gasteiger partial charge in [0.15, 0.2) is 0 Å². The fourth-order valence-electron chi connectivity index (χ4n) is 1.80. The highest BCUT2D eigenvalue weighted by Gasteiger charge is 2.35. The average molecular weight is 164 g/mol. The summed E-state index contributed by atoms with van der Waals surface area (Å²) in [6, 6.07) is 0. The largest absolute Gasteiger partial charge is 0.384 e. The molecule has 2 N–H and O–H groups in total. The molecule has 0 saturated heterocycles. The normalized spacial score (nSPS) is 34.3. The molecule has 12 heavy (non-hydrogen) atoms. The first-order valence-electron chi connectivity index (χ1n) is 4.17. The van der Waals surface area contributed by atoms with E-state index in [0.29, 0.717) is 5.57 Å². The van der Waals surface area contributed by atoms with Crippen molar-refractivity contribution >= 4 is 0 Å². The summed E-state index contributed by atoms with van der Waals surface area (Å²) in [6.45, 7) is 3.66. The van der Waals surface area contributed by atoms with Crippen molar-refractivity contribution < 1.29 is 10.2 Å². The summed E-state index contributed by atoms with van der Waals surface area (Å²) in [5.74, 6) is 0. The molecule has 2 aliphatic rings. The average Bonchev–Trinajstić information content (AvgIpc) is 2.33. The molecule has 0 amide bonds. The van der Waals surface area contributed by atoms with Crippen LogP contribution in [0.3, 0.4) is 0 Å². The SMILES string of the molecule is C=C1C(O)C2=CCCC=C2[C@H]1O. The van der Waals surface area contributed by atoms with Crippen LogP contribution in [0.5, 0.6) is 0 Å². The molecule has 0 spiro atoms. The van der Waals surface area contributed by atoms with Crippen molar-refractivity contribution in [1.82, 2.24) is 0 Å². The summed E-state index contributed by atoms with van der Waals surface area (Å²) in [5.41, 5.74) is 2.23. The fourth-order valence-corrected chi connectivity index (χ4v) is 1.80. The van der Waals surface area contributed by atoms with Gasteiger partial charge in [0, 0.05) is 0 Å². The molecule has 0 aromatic carbocycles. The Kier molecular flexibility index (Phi) is 1.67. The highest BCUT2D eigenvalue weighted by atomic mass is 16.3. The monoisotopic (exact) mass is 164 g/mol. The van der Waals surface area contributed by atoms with Crippen LogP contribution in [0.25, 0.3) is 0 Å². The molecule has 64 valence electrons. The molecule has 2 aliphatic carbocycles. The molecule has 0 aliphatic heterocycles. The van der Waals surface area contributed by atoms with Crippen molar-refractivity contribution in [3.05, 3.63) is 35.5 Å². The molecule has 1 fully saturated rings. The number of aliphatic hydroxyl groups is 2. The Balaban J connectivity index is 2.44. The van der Waals surface area contributed by atoms with Gasteiger partial charge in [0.2, 0.25) is 0 Å². The lowest BCUT2D eigenvalue weighted by Crippen LogP contribution is -2.09. The van der Waals surface area contributed by atoms with Crippen LogP contribution in [0.4, 0.5) is 0 Å². The van der Waals surface area contributed by atoms with Crippen LogP contribution < -0.4 is 0 Å². The summed E-state index contributed by atoms with van der Waals surface area (Å²) in [6.07, 6.45) is 4.59. The van der Waals surface area contributed by atoms with Crippen LogP contribution in [0.2, 0.25) is 0 Å². The van der Waals surface area contributed by atoms with Crippen molar-refractivity contribution in [3.63, 3.8) is 0 Å². The van der Waals surface area contributed by atoms with Gasteiger partial charge in [-0.25, -0.2) is 0 Å². The molecule has 1 saturated carbocycles. The second kappa shape index (κ2) is 2.57. The Morgan fingerprint density at radius 3 is 1.92 bits per heavy atom. The third-order valence-corrected chi connectivity index (χ3v) is 2.52. The number of hydrogen-bond donors (Lipinski definition) is 2. The van der Waals surface area contributed by atoms with Crippen LogP contribution >= 0.6 is 0 Å². The van der Waals surface area contributed by atoms with Gasteiger partial charge < -0.3 is 10.2 Å². The number of fused-ring (bicyclic) bond motifs is 1. The van der Waals surface area contributed by atoms with Gasteiger partial charge in [0.25, 0.3) is 0 Å². The van der Waals surface area contributed by atoms with Crippen LogP contribution in [0.1, 0.15) is 12.8 Å². The van der Waals surface area contributed by atoms with Crippen molar-refractivity contribution in [2.24, 2.45) is 0 Å². The number of allylic oxidation sites excluding steroid dienone is 2. The lowest BCUT2D eigenvalue weighted by Gasteiger charge is -2.09. The quantitative estimate of drug-likeness (QED) is 0.523. The van der Waals surface area contributed by atoms with Crippen molar-refractivity contribution in [2.45, 2.75) is 25.0 Å². The summed E-state index contributed by atoms with van der Waals surface area (Å²) < 4.78 is 0. The molecule has 2 rings (SSSR count). The van der Waals surface area contributed by atoms with E-state index in [-0.39, 0.29) is 0 Å². The number of rotatable bonds is 0. The predicted molar refractivity (Wildman–Crippen MR) is 46.6 cm³/mol. The van der Waals surface area contributed by atoms with E-state index in [4.69, 9.17) is 0 Å². The van der Waals surface area contributed by atoms with E-state index in [1.54, 1.807) is 0 Å². The van der Waals surface area contributed by atoms with E-state index in [1.807, 2.05) is 12.2 Å². The van der Waals surface area contributed by atoms with E-state index >= 15 is 0 Å². The maximum absolute atomic E-state index is 9.59. The van der Waals surface area contributed by atoms with Gasteiger partial charge in [-0.3, -0.25) is 0 Å². The third kappa shape index (κ3) is 0.886. The van der Waals surface area contributed by atoms with Gasteiger partial charge in [-0.2, -0.15) is 0 Å². The first-order valence-corrected chi connectivity index (χ1v) is 4.17. The maximum Gasteiger partial charge on any atom is 0.103 e. The zero-order valence-electron chi connectivity index (χ0n) is 6.83. The molecule has 0 heterocycles. The minimum Gasteiger partial charge on any atom is -0.384 e. The van der Waals surface area contributed by atoms with Crippen molar-refractivity contribution in [3.8, 4) is 0 Å². The van der Waals surface area contributed by atoms with Crippen molar-refractivity contribution in [1.29, 1.82) is 0 Å². The minimum absolute atomic E-state index is 0.509. The summed E-state index contributed by atoms with van der Waals surface area (Å²) in [5, 5.41) is 19.2. The number of hydrogen-bond acceptors (Lipinski definition) is 2. The van der Waals surface area contributed by atoms with Gasteiger partial charge in [-0.05, 0) is 29.6 Å². The highest BCUT2D eigenvalue weighted by molar-refractivity contribution is 5.53. The molecule has 2 atom stereocenters. The lowest BCUT2D eigenvalue weighted by atomic mass is 9.99. The molecular formula is C10H12O2. The van der Waals surface area contributed by atoms with E-state index < -0.39 is 12.2 Å². The second-order valence-electron chi connectivity index (χ2n) is 3.28. The van der Waals surface area contributed by atoms with E-state index in [2.05, 4.69) is 6.58 Å². The summed E-state index contributed by atoms with van der Waals surface area (Å²) >= 11 is 0. The summed E-state index contributed by atoms with van der Waals surface area (Å²) in [4.78, 5) is 0. The topological polar surface area (TPSA) is 40.5 Å². The Hall–Kier alpha value is -0.860. The highest BCUT2D eigenvalue weighted by Crippen LogP contribution is 2.37. The Bertz CT molecular complexity index is 258. The van der Waals surface area contributed by atoms with Gasteiger partial charge in [-0.1, -0.05) is 18.7 Å². The van der Waals surface area contributed by atoms with E-state index in [1.165, 1.54) is 0 Å². The molecule has 0 aromatic heterocycles. The maximum atomic E-state index is 9.59. The third-order valence-electron chi connectivity index (χ3n) is 2.52. The van der Waals surface area contributed by atoms with Gasteiger partial charge >= 0.3 is 0 Å². The smallest absolute Gasteiger partial charge is 0.103 e. The first-order chi connectivity index (χ1) is 5.72. The van der Waals surface area contributed by atoms with Gasteiger partial charge in [0.1, 0.15) is 12.2 Å². The zero-order valence-corrected chi connectivity index (χ0v) is 6.83. The molecule has 0 bridgehead atoms. The predicted octanol–water partition coefficient (Wildman–Crippen LogP) is 0.925. The van der Waals surface area contributed by atoms with Crippen molar-refractivity contribution in [2.75, 3.05) is 0 Å². The lowest BCUT2D eigenvalue weighted by molar-refractivity contribution is 0.215. The summed E-state index contributed by atoms with van der Waals surface area (Å²) in [7, 11) is 0. The molecule has 2 heteroatoms. The van der Waals surface area contributed by atoms with Gasteiger partial charge in [0.05, 0.1) is 0 Å². The van der Waals surface area contributed by atoms with Crippen LogP contribution in [-0.4, -0.2) is 22.4 Å². The number of aliphatic hydroxyl groups excluding tert-OH is 2. The molecule has 0 aromatic rings. The van der Waals surface area contributed by atoms with E-state index in [9.17, 15) is 10.2 Å². The van der Waals surface area contributed by atoms with Gasteiger partial charge in [-0.15, -0.1) is 0 Å². The molecular weight excluding hydrogens is 152 g/mol. The standard InChI is InChI=1S/C10H12O2/c1-6-9(11)7-4-2-3-5-8(7)10(6)12/h4-5,9-12H,1-3H2/t9-,10?/m0/s1. The van der Waals surface area contributed by atoms with Crippen LogP contribution in [-0.2, 0) is 0 Å². The Morgan fingerprint density at radius 2 is 1.50 bits per heavy atom. The zero-order chi connectivity index (χ0) is 8.72. The molecule has 1 unspecified atom stereocenters. The Morgan fingerprint density at radius 1 is 1.08 bits per heavy atom. The minimum atomic E-state index is -0.647. The van der Waals surface area contributed by atoms with Crippen LogP contribution in [0.15, 0.2) is 35.5 Å². The fraction of sp³-hybridized carbons (Fsp3) is 0.400. The second-order valence-corrected chi connectivity index (χ2v) is 3.28.